The lowest BCUT2D eigenvalue weighted by Gasteiger charge is -2.11. The molecule has 0 saturated heterocycles. The number of ether oxygens (including phenoxy) is 1. The third-order valence-corrected chi connectivity index (χ3v) is 4.94. The predicted octanol–water partition coefficient (Wildman–Crippen LogP) is 3.11. The molecule has 0 unspecified atom stereocenters. The van der Waals surface area contributed by atoms with Crippen molar-refractivity contribution in [1.29, 1.82) is 0 Å². The second-order valence-corrected chi connectivity index (χ2v) is 7.38. The molecule has 0 bridgehead atoms. The van der Waals surface area contributed by atoms with Gasteiger partial charge in [0.05, 0.1) is 6.61 Å². The van der Waals surface area contributed by atoms with Gasteiger partial charge in [0.1, 0.15) is 46.7 Å². The van der Waals surface area contributed by atoms with Crippen LogP contribution in [0.15, 0.2) is 54.9 Å². The van der Waals surface area contributed by atoms with Gasteiger partial charge in [-0.15, -0.1) is 0 Å². The number of halogens is 3. The Hall–Kier alpha value is -3.96. The number of aromatic nitrogens is 3. The van der Waals surface area contributed by atoms with Crippen molar-refractivity contribution in [3.05, 3.63) is 71.8 Å². The molecule has 4 aromatic rings. The van der Waals surface area contributed by atoms with E-state index in [2.05, 4.69) is 20.3 Å². The average Bonchev–Trinajstić information content (AvgIpc) is 3.27. The standard InChI is InChI=1S/C23H19F3N4O4/c24-12-4-5-16(21(25)26)17(6-12)22-29-19-9-27-8-18(20(19)30-22)23(33)28-13-2-1-3-15(7-13)34-11-14(32)10-31/h1-9,14,21,31-32H,10-11H2,(H,28,33)(H,29,30)/p+1/t14-/m0/s1. The number of hydrogen-bond acceptors (Lipinski definition) is 5. The summed E-state index contributed by atoms with van der Waals surface area (Å²) in [7, 11) is 0. The van der Waals surface area contributed by atoms with Gasteiger partial charge >= 0.3 is 0 Å². The third kappa shape index (κ3) is 5.00. The lowest BCUT2D eigenvalue weighted by Crippen LogP contribution is -2.21. The molecule has 0 saturated carbocycles. The summed E-state index contributed by atoms with van der Waals surface area (Å²) in [6.45, 7) is -0.573. The first-order valence-electron chi connectivity index (χ1n) is 10.2. The van der Waals surface area contributed by atoms with Gasteiger partial charge in [-0.1, -0.05) is 6.07 Å². The number of carbonyl (C=O) groups excluding carboxylic acids is 1. The van der Waals surface area contributed by atoms with Crippen LogP contribution in [-0.2, 0) is 0 Å². The van der Waals surface area contributed by atoms with E-state index >= 15 is 0 Å². The number of H-pyrrole nitrogens is 2. The predicted molar refractivity (Wildman–Crippen MR) is 116 cm³/mol. The number of aliphatic hydroxyl groups is 2. The molecule has 0 fully saturated rings. The van der Waals surface area contributed by atoms with Gasteiger partial charge in [-0.3, -0.25) is 4.79 Å². The molecular weight excluding hydrogens is 453 g/mol. The summed E-state index contributed by atoms with van der Waals surface area (Å²) in [5.41, 5.74) is 0.582. The molecule has 2 heterocycles. The minimum absolute atomic E-state index is 0.00344. The Kier molecular flexibility index (Phi) is 6.75. The molecule has 2 aromatic carbocycles. The summed E-state index contributed by atoms with van der Waals surface area (Å²) in [6, 6.07) is 9.30. The quantitative estimate of drug-likeness (QED) is 0.313. The fourth-order valence-electron chi connectivity index (χ4n) is 3.30. The van der Waals surface area contributed by atoms with E-state index < -0.39 is 36.4 Å². The molecule has 5 N–H and O–H groups in total. The Morgan fingerprint density at radius 2 is 2.03 bits per heavy atom. The molecule has 8 nitrogen and oxygen atoms in total. The normalized spacial score (nSPS) is 12.2. The molecule has 1 atom stereocenters. The number of aliphatic hydroxyl groups excluding tert-OH is 2. The van der Waals surface area contributed by atoms with Crippen molar-refractivity contribution in [3.63, 3.8) is 0 Å². The van der Waals surface area contributed by atoms with E-state index in [0.29, 0.717) is 17.0 Å². The van der Waals surface area contributed by atoms with Crippen molar-refractivity contribution in [2.75, 3.05) is 18.5 Å². The maximum Gasteiger partial charge on any atom is 0.264 e. The van der Waals surface area contributed by atoms with Crippen molar-refractivity contribution < 1.29 is 37.9 Å². The van der Waals surface area contributed by atoms with Crippen LogP contribution in [0.4, 0.5) is 18.9 Å². The van der Waals surface area contributed by atoms with Crippen molar-refractivity contribution in [2.24, 2.45) is 0 Å². The van der Waals surface area contributed by atoms with Crippen molar-refractivity contribution in [2.45, 2.75) is 12.5 Å². The van der Waals surface area contributed by atoms with Crippen LogP contribution in [0.1, 0.15) is 22.3 Å². The van der Waals surface area contributed by atoms with Crippen LogP contribution in [0, 0.1) is 5.82 Å². The third-order valence-electron chi connectivity index (χ3n) is 4.94. The highest BCUT2D eigenvalue weighted by molar-refractivity contribution is 6.11. The highest BCUT2D eigenvalue weighted by Crippen LogP contribution is 2.32. The van der Waals surface area contributed by atoms with E-state index in [9.17, 15) is 23.1 Å². The summed E-state index contributed by atoms with van der Waals surface area (Å²) in [5, 5.41) is 21.0. The number of amides is 1. The Morgan fingerprint density at radius 1 is 1.21 bits per heavy atom. The van der Waals surface area contributed by atoms with Gasteiger partial charge in [0, 0.05) is 22.9 Å². The molecule has 0 aliphatic heterocycles. The Bertz CT molecular complexity index is 1330. The first kappa shape index (κ1) is 23.2. The van der Waals surface area contributed by atoms with E-state index in [1.54, 1.807) is 18.2 Å². The van der Waals surface area contributed by atoms with E-state index in [1.165, 1.54) is 18.5 Å². The van der Waals surface area contributed by atoms with Crippen LogP contribution < -0.4 is 15.0 Å². The number of imidazole rings is 1. The van der Waals surface area contributed by atoms with Crippen LogP contribution in [-0.4, -0.2) is 45.4 Å². The molecule has 0 aliphatic carbocycles. The van der Waals surface area contributed by atoms with Crippen LogP contribution >= 0.6 is 0 Å². The molecule has 0 spiro atoms. The van der Waals surface area contributed by atoms with E-state index in [-0.39, 0.29) is 29.1 Å². The number of benzene rings is 2. The topological polar surface area (TPSA) is 122 Å². The lowest BCUT2D eigenvalue weighted by molar-refractivity contribution is -0.376. The fraction of sp³-hybridized carbons (Fsp3) is 0.174. The molecule has 0 radical (unpaired) electrons. The first-order valence-corrected chi connectivity index (χ1v) is 10.2. The van der Waals surface area contributed by atoms with Crippen LogP contribution in [0.2, 0.25) is 0 Å². The second-order valence-electron chi connectivity index (χ2n) is 7.38. The Morgan fingerprint density at radius 3 is 2.79 bits per heavy atom. The largest absolute Gasteiger partial charge is 0.491 e. The summed E-state index contributed by atoms with van der Waals surface area (Å²) in [4.78, 5) is 22.9. The van der Waals surface area contributed by atoms with Crippen LogP contribution in [0.25, 0.3) is 22.4 Å². The fourth-order valence-corrected chi connectivity index (χ4v) is 3.30. The van der Waals surface area contributed by atoms with Gasteiger partial charge in [0.2, 0.25) is 0 Å². The number of hydrogen-bond donors (Lipinski definition) is 4. The zero-order valence-corrected chi connectivity index (χ0v) is 17.6. The Balaban J connectivity index is 1.62. The highest BCUT2D eigenvalue weighted by atomic mass is 19.3. The number of aromatic amines is 2. The minimum atomic E-state index is -2.84. The molecule has 2 aromatic heterocycles. The zero-order chi connectivity index (χ0) is 24.2. The molecular formula is C23H20F3N4O4+. The molecule has 4 rings (SSSR count). The minimum Gasteiger partial charge on any atom is -0.491 e. The van der Waals surface area contributed by atoms with Gasteiger partial charge in [-0.2, -0.15) is 0 Å². The summed E-state index contributed by atoms with van der Waals surface area (Å²) in [6.07, 6.45) is -0.972. The smallest absolute Gasteiger partial charge is 0.264 e. The highest BCUT2D eigenvalue weighted by Gasteiger charge is 2.22. The van der Waals surface area contributed by atoms with Crippen molar-refractivity contribution in [3.8, 4) is 17.1 Å². The maximum atomic E-state index is 13.8. The summed E-state index contributed by atoms with van der Waals surface area (Å²) < 4.78 is 46.0. The number of carbonyl (C=O) groups is 1. The first-order chi connectivity index (χ1) is 16.4. The number of nitrogens with one attached hydrogen (secondary N) is 3. The van der Waals surface area contributed by atoms with Gasteiger partial charge in [0.25, 0.3) is 12.3 Å². The molecule has 1 amide bonds. The van der Waals surface area contributed by atoms with Crippen LogP contribution in [0.5, 0.6) is 5.75 Å². The van der Waals surface area contributed by atoms with E-state index in [0.717, 1.165) is 18.2 Å². The van der Waals surface area contributed by atoms with E-state index in [1.807, 2.05) is 0 Å². The van der Waals surface area contributed by atoms with E-state index in [4.69, 9.17) is 9.84 Å². The summed E-state index contributed by atoms with van der Waals surface area (Å²) >= 11 is 0. The molecule has 11 heteroatoms. The second kappa shape index (κ2) is 9.89. The van der Waals surface area contributed by atoms with Gasteiger partial charge < -0.3 is 25.3 Å². The molecule has 176 valence electrons. The van der Waals surface area contributed by atoms with Crippen molar-refractivity contribution >= 4 is 22.6 Å². The summed E-state index contributed by atoms with van der Waals surface area (Å²) in [5.74, 6) is -0.877. The average molecular weight is 473 g/mol. The van der Waals surface area contributed by atoms with Crippen LogP contribution in [0.3, 0.4) is 0 Å². The number of pyridine rings is 1. The van der Waals surface area contributed by atoms with Gasteiger partial charge in [0.15, 0.2) is 12.4 Å². The number of anilines is 1. The maximum absolute atomic E-state index is 13.8. The molecule has 34 heavy (non-hydrogen) atoms. The van der Waals surface area contributed by atoms with Gasteiger partial charge in [-0.25, -0.2) is 23.1 Å². The van der Waals surface area contributed by atoms with Crippen molar-refractivity contribution in [1.82, 2.24) is 9.97 Å². The number of fused-ring (bicyclic) bond motifs is 1. The van der Waals surface area contributed by atoms with Gasteiger partial charge in [-0.05, 0) is 30.3 Å². The number of rotatable bonds is 8. The number of alkyl halides is 2. The lowest BCUT2D eigenvalue weighted by atomic mass is 10.1. The SMILES string of the molecule is O=C(Nc1cccc(OC[C@@H](O)CO)c1)c1c[nH+]cc2[nH]c(-c3cc(F)ccc3C(F)F)nc12. The Labute approximate surface area is 191 Å². The monoisotopic (exact) mass is 473 g/mol. The number of nitrogens with zero attached hydrogens (tertiary/aromatic N) is 1. The zero-order valence-electron chi connectivity index (χ0n) is 17.6. The molecule has 0 aliphatic rings.